The minimum Gasteiger partial charge on any atom is -0.488 e. The molecule has 0 spiro atoms. The summed E-state index contributed by atoms with van der Waals surface area (Å²) in [6, 6.07) is 12.8. The average Bonchev–Trinajstić information content (AvgIpc) is 3.96. The Morgan fingerprint density at radius 1 is 0.815 bits per heavy atom. The fourth-order valence-electron chi connectivity index (χ4n) is 6.34. The SMILES string of the molecule is Cc1c(F)c(F)c(S(=O)(=O)N(CC(=O)N(Cc2cc(C3CC3)cc(C3CC3)c2)c2ccc(C(=O)O)cc2OC2CC2)Cc2ccc(F)cc2Cl)c(F)c1F. The van der Waals surface area contributed by atoms with E-state index in [-0.39, 0.29) is 40.2 Å². The summed E-state index contributed by atoms with van der Waals surface area (Å²) in [4.78, 5) is 25.9. The Labute approximate surface area is 313 Å². The summed E-state index contributed by atoms with van der Waals surface area (Å²) >= 11 is 6.22. The van der Waals surface area contributed by atoms with E-state index in [2.05, 4.69) is 6.07 Å². The Balaban J connectivity index is 1.35. The second-order valence-corrected chi connectivity index (χ2v) is 16.3. The second kappa shape index (κ2) is 14.6. The van der Waals surface area contributed by atoms with Crippen LogP contribution in [0.3, 0.4) is 0 Å². The van der Waals surface area contributed by atoms with Crippen LogP contribution in [0.1, 0.15) is 88.5 Å². The van der Waals surface area contributed by atoms with Gasteiger partial charge in [0.25, 0.3) is 0 Å². The Bertz CT molecular complexity index is 2240. The van der Waals surface area contributed by atoms with Crippen molar-refractivity contribution >= 4 is 39.2 Å². The summed E-state index contributed by atoms with van der Waals surface area (Å²) in [6.45, 7) is -1.46. The molecule has 7 rings (SSSR count). The summed E-state index contributed by atoms with van der Waals surface area (Å²) in [5.74, 6) is -10.6. The fourth-order valence-corrected chi connectivity index (χ4v) is 8.05. The monoisotopic (exact) mass is 788 g/mol. The molecule has 4 aromatic carbocycles. The molecule has 0 aromatic heterocycles. The van der Waals surface area contributed by atoms with E-state index in [9.17, 15) is 36.3 Å². The quantitative estimate of drug-likeness (QED) is 0.101. The van der Waals surface area contributed by atoms with E-state index in [1.54, 1.807) is 0 Å². The van der Waals surface area contributed by atoms with Crippen LogP contribution in [0, 0.1) is 36.0 Å². The number of rotatable bonds is 14. The van der Waals surface area contributed by atoms with Crippen LogP contribution >= 0.6 is 11.6 Å². The van der Waals surface area contributed by atoms with Gasteiger partial charge in [0.15, 0.2) is 28.2 Å². The summed E-state index contributed by atoms with van der Waals surface area (Å²) in [7, 11) is -5.59. The van der Waals surface area contributed by atoms with Gasteiger partial charge in [0.2, 0.25) is 15.9 Å². The van der Waals surface area contributed by atoms with Gasteiger partial charge < -0.3 is 14.7 Å². The summed E-state index contributed by atoms with van der Waals surface area (Å²) < 4.78 is 109. The minimum atomic E-state index is -5.59. The van der Waals surface area contributed by atoms with E-state index in [0.717, 1.165) is 61.9 Å². The first-order valence-corrected chi connectivity index (χ1v) is 19.2. The number of carboxylic acid groups (broad SMARTS) is 1. The van der Waals surface area contributed by atoms with E-state index in [1.807, 2.05) is 12.1 Å². The number of amides is 1. The van der Waals surface area contributed by atoms with Gasteiger partial charge in [-0.15, -0.1) is 0 Å². The zero-order chi connectivity index (χ0) is 38.6. The van der Waals surface area contributed by atoms with E-state index < -0.39 is 74.5 Å². The number of carbonyl (C=O) groups is 2. The summed E-state index contributed by atoms with van der Waals surface area (Å²) in [5.41, 5.74) is 1.62. The third-order valence-corrected chi connectivity index (χ3v) is 12.0. The molecular weight excluding hydrogens is 755 g/mol. The van der Waals surface area contributed by atoms with Crippen LogP contribution in [-0.2, 0) is 27.9 Å². The van der Waals surface area contributed by atoms with Crippen molar-refractivity contribution in [1.82, 2.24) is 4.31 Å². The maximum atomic E-state index is 15.4. The van der Waals surface area contributed by atoms with E-state index >= 15 is 8.78 Å². The fraction of sp³-hybridized carbons (Fsp3) is 0.333. The minimum absolute atomic E-state index is 0.0299. The van der Waals surface area contributed by atoms with Crippen molar-refractivity contribution in [2.45, 2.75) is 81.4 Å². The number of carboxylic acids is 1. The zero-order valence-corrected chi connectivity index (χ0v) is 30.4. The molecular formula is C39H34ClF5N2O6S. The standard InChI is InChI=1S/C39H34ClF5N2O6S/c1-20-34(42)36(44)38(37(45)35(20)43)54(51,52)46(18-25-6-8-28(41)16-30(25)40)19-33(48)47(31-11-7-24(39(49)50)15-32(31)53-29-9-10-29)17-21-12-26(22-2-3-22)14-27(13-21)23-4-5-23/h6-8,11-16,22-23,29H,2-5,9-10,17-19H2,1H3,(H,49,50). The number of ether oxygens (including phenoxy) is 1. The third kappa shape index (κ3) is 7.82. The third-order valence-electron chi connectivity index (χ3n) is 9.81. The number of hydrogen-bond donors (Lipinski definition) is 1. The van der Waals surface area contributed by atoms with E-state index in [1.165, 1.54) is 23.1 Å². The van der Waals surface area contributed by atoms with Gasteiger partial charge in [0.05, 0.1) is 30.4 Å². The first kappa shape index (κ1) is 37.8. The summed E-state index contributed by atoms with van der Waals surface area (Å²) in [6.07, 6.45) is 5.07. The lowest BCUT2D eigenvalue weighted by Gasteiger charge is -2.29. The van der Waals surface area contributed by atoms with Crippen LogP contribution in [0.2, 0.25) is 5.02 Å². The van der Waals surface area contributed by atoms with Gasteiger partial charge >= 0.3 is 5.97 Å². The molecule has 1 amide bonds. The van der Waals surface area contributed by atoms with Crippen molar-refractivity contribution in [3.05, 3.63) is 122 Å². The molecule has 0 heterocycles. The number of carbonyl (C=O) groups excluding carboxylic acids is 1. The molecule has 54 heavy (non-hydrogen) atoms. The van der Waals surface area contributed by atoms with Gasteiger partial charge in [-0.05, 0) is 110 Å². The van der Waals surface area contributed by atoms with E-state index in [0.29, 0.717) is 34.5 Å². The maximum absolute atomic E-state index is 15.4. The number of halogens is 6. The average molecular weight is 789 g/mol. The van der Waals surface area contributed by atoms with Crippen molar-refractivity contribution < 1.29 is 49.8 Å². The Morgan fingerprint density at radius 3 is 1.96 bits per heavy atom. The van der Waals surface area contributed by atoms with Crippen LogP contribution in [0.25, 0.3) is 0 Å². The van der Waals surface area contributed by atoms with Crippen molar-refractivity contribution in [2.24, 2.45) is 0 Å². The predicted octanol–water partition coefficient (Wildman–Crippen LogP) is 8.76. The molecule has 0 atom stereocenters. The lowest BCUT2D eigenvalue weighted by atomic mass is 9.99. The highest BCUT2D eigenvalue weighted by Crippen LogP contribution is 2.46. The molecule has 284 valence electrons. The number of aromatic carboxylic acids is 1. The van der Waals surface area contributed by atoms with Crippen LogP contribution < -0.4 is 9.64 Å². The topological polar surface area (TPSA) is 104 Å². The largest absolute Gasteiger partial charge is 0.488 e. The van der Waals surface area contributed by atoms with Gasteiger partial charge in [-0.1, -0.05) is 35.9 Å². The molecule has 3 aliphatic rings. The molecule has 0 saturated heterocycles. The molecule has 4 aromatic rings. The van der Waals surface area contributed by atoms with Gasteiger partial charge in [-0.25, -0.2) is 35.2 Å². The molecule has 0 aliphatic heterocycles. The number of anilines is 1. The highest BCUT2D eigenvalue weighted by molar-refractivity contribution is 7.89. The molecule has 15 heteroatoms. The van der Waals surface area contributed by atoms with Crippen LogP contribution in [0.5, 0.6) is 5.75 Å². The van der Waals surface area contributed by atoms with Gasteiger partial charge in [0.1, 0.15) is 11.6 Å². The van der Waals surface area contributed by atoms with Gasteiger partial charge in [-0.2, -0.15) is 4.31 Å². The summed E-state index contributed by atoms with van der Waals surface area (Å²) in [5, 5.41) is 9.45. The lowest BCUT2D eigenvalue weighted by molar-refractivity contribution is -0.119. The number of hydrogen-bond acceptors (Lipinski definition) is 5. The van der Waals surface area contributed by atoms with Crippen molar-refractivity contribution in [2.75, 3.05) is 11.4 Å². The molecule has 3 fully saturated rings. The molecule has 3 aliphatic carbocycles. The zero-order valence-electron chi connectivity index (χ0n) is 28.9. The van der Waals surface area contributed by atoms with Crippen molar-refractivity contribution in [3.8, 4) is 5.75 Å². The van der Waals surface area contributed by atoms with Crippen LogP contribution in [-0.4, -0.2) is 42.4 Å². The maximum Gasteiger partial charge on any atom is 0.335 e. The normalized spacial score (nSPS) is 15.8. The second-order valence-electron chi connectivity index (χ2n) is 14.1. The van der Waals surface area contributed by atoms with Gasteiger partial charge in [-0.3, -0.25) is 4.79 Å². The first-order valence-electron chi connectivity index (χ1n) is 17.4. The molecule has 8 nitrogen and oxygen atoms in total. The lowest BCUT2D eigenvalue weighted by Crippen LogP contribution is -2.43. The number of nitrogens with zero attached hydrogens (tertiary/aromatic N) is 2. The Morgan fingerprint density at radius 2 is 1.43 bits per heavy atom. The Hall–Kier alpha value is -4.53. The molecule has 1 N–H and O–H groups in total. The predicted molar refractivity (Wildman–Crippen MR) is 189 cm³/mol. The van der Waals surface area contributed by atoms with Crippen molar-refractivity contribution in [3.63, 3.8) is 0 Å². The first-order chi connectivity index (χ1) is 25.6. The van der Waals surface area contributed by atoms with E-state index in [4.69, 9.17) is 16.3 Å². The Kier molecular flexibility index (Phi) is 10.2. The molecule has 3 saturated carbocycles. The molecule has 0 unspecified atom stereocenters. The molecule has 0 radical (unpaired) electrons. The highest BCUT2D eigenvalue weighted by atomic mass is 35.5. The number of benzene rings is 4. The van der Waals surface area contributed by atoms with Crippen LogP contribution in [0.4, 0.5) is 27.6 Å². The highest BCUT2D eigenvalue weighted by Gasteiger charge is 2.39. The smallest absolute Gasteiger partial charge is 0.335 e. The molecule has 0 bridgehead atoms. The number of sulfonamides is 1. The van der Waals surface area contributed by atoms with Gasteiger partial charge in [0, 0.05) is 17.1 Å². The van der Waals surface area contributed by atoms with Crippen molar-refractivity contribution in [1.29, 1.82) is 0 Å². The van der Waals surface area contributed by atoms with Crippen LogP contribution in [0.15, 0.2) is 59.5 Å².